The summed E-state index contributed by atoms with van der Waals surface area (Å²) in [4.78, 5) is 14.8. The highest BCUT2D eigenvalue weighted by Gasteiger charge is 2.17. The Bertz CT molecular complexity index is 3140. The van der Waals surface area contributed by atoms with E-state index >= 15 is 0 Å². The topological polar surface area (TPSA) is 72.4 Å². The predicted octanol–water partition coefficient (Wildman–Crippen LogP) is 12.3. The number of rotatable bonds is 8. The van der Waals surface area contributed by atoms with Crippen LogP contribution in [0, 0.1) is 5.41 Å². The minimum Gasteiger partial charge on any atom is -0.316 e. The zero-order valence-electron chi connectivity index (χ0n) is 30.3. The van der Waals surface area contributed by atoms with Gasteiger partial charge in [-0.3, -0.25) is 0 Å². The fraction of sp³-hybridized carbons (Fsp3) is 0. The quantitative estimate of drug-likeness (QED) is 0.126. The number of para-hydroxylation sites is 3. The second kappa shape index (κ2) is 13.9. The Hall–Kier alpha value is -7.70. The van der Waals surface area contributed by atoms with Crippen LogP contribution in [-0.4, -0.2) is 30.3 Å². The number of nitrogens with zero attached hydrogens (tertiary/aromatic N) is 5. The molecule has 0 saturated carbocycles. The van der Waals surface area contributed by atoms with Crippen molar-refractivity contribution >= 4 is 61.6 Å². The Morgan fingerprint density at radius 2 is 1.00 bits per heavy atom. The Morgan fingerprint density at radius 1 is 0.446 bits per heavy atom. The van der Waals surface area contributed by atoms with Crippen molar-refractivity contribution in [2.24, 2.45) is 0 Å². The van der Waals surface area contributed by atoms with Gasteiger partial charge >= 0.3 is 0 Å². The van der Waals surface area contributed by atoms with Crippen molar-refractivity contribution < 1.29 is 0 Å². The largest absolute Gasteiger partial charge is 0.316 e. The molecule has 0 spiro atoms. The SMILES string of the molecule is N=C/C(=C\C=C\n1c2ccccc2c2cc3c(cc21)c1ccccc1n3-c1ccccc1)c1nc(-c2ccccc2)nc(-c2cccc(-c3ccccc3)c2)n1. The van der Waals surface area contributed by atoms with Gasteiger partial charge in [0.15, 0.2) is 17.5 Å². The van der Waals surface area contributed by atoms with E-state index in [0.29, 0.717) is 23.0 Å². The van der Waals surface area contributed by atoms with Crippen molar-refractivity contribution in [2.45, 2.75) is 0 Å². The normalized spacial score (nSPS) is 12.0. The van der Waals surface area contributed by atoms with E-state index in [-0.39, 0.29) is 0 Å². The summed E-state index contributed by atoms with van der Waals surface area (Å²) in [6.45, 7) is 0. The fourth-order valence-corrected chi connectivity index (χ4v) is 7.71. The van der Waals surface area contributed by atoms with E-state index in [2.05, 4.69) is 131 Å². The van der Waals surface area contributed by atoms with E-state index < -0.39 is 0 Å². The average Bonchev–Trinajstić information content (AvgIpc) is 3.76. The van der Waals surface area contributed by atoms with Crippen LogP contribution in [0.1, 0.15) is 5.82 Å². The summed E-state index contributed by atoms with van der Waals surface area (Å²) in [7, 11) is 0. The van der Waals surface area contributed by atoms with E-state index in [1.807, 2.05) is 72.8 Å². The first-order valence-corrected chi connectivity index (χ1v) is 18.6. The van der Waals surface area contributed by atoms with E-state index in [1.165, 1.54) is 33.3 Å². The maximum absolute atomic E-state index is 8.51. The summed E-state index contributed by atoms with van der Waals surface area (Å²) < 4.78 is 4.59. The van der Waals surface area contributed by atoms with Gasteiger partial charge in [-0.2, -0.15) is 0 Å². The molecule has 264 valence electrons. The molecule has 10 rings (SSSR count). The van der Waals surface area contributed by atoms with Gasteiger partial charge < -0.3 is 14.5 Å². The van der Waals surface area contributed by atoms with Crippen LogP contribution in [0.5, 0.6) is 0 Å². The number of hydrogen-bond donors (Lipinski definition) is 1. The van der Waals surface area contributed by atoms with Gasteiger partial charge in [0.1, 0.15) is 0 Å². The Labute approximate surface area is 323 Å². The molecule has 7 aromatic carbocycles. The number of hydrogen-bond acceptors (Lipinski definition) is 4. The first-order valence-electron chi connectivity index (χ1n) is 18.6. The predicted molar refractivity (Wildman–Crippen MR) is 232 cm³/mol. The van der Waals surface area contributed by atoms with E-state index in [1.54, 1.807) is 0 Å². The minimum atomic E-state index is 0.427. The Kier molecular flexibility index (Phi) is 8.19. The summed E-state index contributed by atoms with van der Waals surface area (Å²) in [5.41, 5.74) is 10.2. The van der Waals surface area contributed by atoms with Crippen LogP contribution in [0.2, 0.25) is 0 Å². The van der Waals surface area contributed by atoms with Gasteiger partial charge in [0.25, 0.3) is 0 Å². The summed E-state index contributed by atoms with van der Waals surface area (Å²) >= 11 is 0. The van der Waals surface area contributed by atoms with Crippen molar-refractivity contribution in [1.29, 1.82) is 5.41 Å². The van der Waals surface area contributed by atoms with Gasteiger partial charge in [0, 0.05) is 56.3 Å². The van der Waals surface area contributed by atoms with Crippen LogP contribution < -0.4 is 0 Å². The van der Waals surface area contributed by atoms with Crippen molar-refractivity contribution in [3.8, 4) is 39.6 Å². The fourth-order valence-electron chi connectivity index (χ4n) is 7.71. The summed E-state index contributed by atoms with van der Waals surface area (Å²) in [6, 6.07) is 60.8. The third-order valence-corrected chi connectivity index (χ3v) is 10.3. The Balaban J connectivity index is 1.11. The molecular formula is C50H34N6. The summed E-state index contributed by atoms with van der Waals surface area (Å²) in [5, 5.41) is 13.2. The maximum Gasteiger partial charge on any atom is 0.165 e. The van der Waals surface area contributed by atoms with E-state index in [0.717, 1.165) is 44.5 Å². The molecule has 0 radical (unpaired) electrons. The summed E-state index contributed by atoms with van der Waals surface area (Å²) in [5.74, 6) is 1.52. The standard InChI is InChI=1S/C50H34N6/c51-33-38(50-53-48(35-18-6-2-7-19-35)52-49(54-50)37-21-14-20-36(30-37)34-16-4-1-5-17-34)22-15-29-55-44-27-12-10-25-40(44)42-32-47-43(31-46(42)55)41-26-11-13-28-45(41)56(47)39-23-8-3-9-24-39/h1-33,51H/b29-15+,38-22+,51-33?. The van der Waals surface area contributed by atoms with E-state index in [4.69, 9.17) is 20.4 Å². The van der Waals surface area contributed by atoms with Crippen LogP contribution in [0.15, 0.2) is 188 Å². The van der Waals surface area contributed by atoms with Gasteiger partial charge in [-0.05, 0) is 65.7 Å². The molecule has 3 heterocycles. The van der Waals surface area contributed by atoms with E-state index in [9.17, 15) is 0 Å². The van der Waals surface area contributed by atoms with Crippen molar-refractivity contribution in [3.63, 3.8) is 0 Å². The molecule has 10 aromatic rings. The molecule has 0 atom stereocenters. The second-order valence-electron chi connectivity index (χ2n) is 13.7. The van der Waals surface area contributed by atoms with Crippen LogP contribution in [0.25, 0.3) is 95.0 Å². The van der Waals surface area contributed by atoms with Crippen LogP contribution in [0.3, 0.4) is 0 Å². The molecule has 0 aliphatic heterocycles. The smallest absolute Gasteiger partial charge is 0.165 e. The molecule has 0 saturated heterocycles. The molecule has 0 fully saturated rings. The highest BCUT2D eigenvalue weighted by molar-refractivity contribution is 6.19. The molecule has 0 amide bonds. The lowest BCUT2D eigenvalue weighted by atomic mass is 10.0. The maximum atomic E-state index is 8.51. The number of nitrogens with one attached hydrogen (secondary N) is 1. The van der Waals surface area contributed by atoms with Crippen LogP contribution in [0.4, 0.5) is 0 Å². The van der Waals surface area contributed by atoms with Crippen molar-refractivity contribution in [3.05, 3.63) is 194 Å². The van der Waals surface area contributed by atoms with Crippen LogP contribution in [-0.2, 0) is 0 Å². The van der Waals surface area contributed by atoms with Gasteiger partial charge in [-0.25, -0.2) is 15.0 Å². The third-order valence-electron chi connectivity index (χ3n) is 10.3. The number of fused-ring (bicyclic) bond motifs is 6. The zero-order chi connectivity index (χ0) is 37.4. The molecule has 0 unspecified atom stereocenters. The summed E-state index contributed by atoms with van der Waals surface area (Å²) in [6.07, 6.45) is 7.26. The first kappa shape index (κ1) is 32.9. The van der Waals surface area contributed by atoms with Crippen LogP contribution >= 0.6 is 0 Å². The van der Waals surface area contributed by atoms with Crippen molar-refractivity contribution in [1.82, 2.24) is 24.1 Å². The highest BCUT2D eigenvalue weighted by Crippen LogP contribution is 2.38. The monoisotopic (exact) mass is 718 g/mol. The number of allylic oxidation sites excluding steroid dienone is 3. The lowest BCUT2D eigenvalue weighted by Crippen LogP contribution is -2.03. The number of benzene rings is 7. The molecule has 3 aromatic heterocycles. The van der Waals surface area contributed by atoms with Gasteiger partial charge in [0.05, 0.1) is 22.1 Å². The minimum absolute atomic E-state index is 0.427. The molecule has 56 heavy (non-hydrogen) atoms. The molecular weight excluding hydrogens is 685 g/mol. The highest BCUT2D eigenvalue weighted by atomic mass is 15.0. The van der Waals surface area contributed by atoms with Gasteiger partial charge in [-0.1, -0.05) is 133 Å². The zero-order valence-corrected chi connectivity index (χ0v) is 30.3. The van der Waals surface area contributed by atoms with Crippen molar-refractivity contribution in [2.75, 3.05) is 0 Å². The molecule has 6 nitrogen and oxygen atoms in total. The average molecular weight is 719 g/mol. The molecule has 6 heteroatoms. The molecule has 0 bridgehead atoms. The lowest BCUT2D eigenvalue weighted by molar-refractivity contribution is 1.04. The lowest BCUT2D eigenvalue weighted by Gasteiger charge is -2.09. The second-order valence-corrected chi connectivity index (χ2v) is 13.7. The molecule has 1 N–H and O–H groups in total. The molecule has 0 aliphatic carbocycles. The Morgan fingerprint density at radius 3 is 1.73 bits per heavy atom. The van der Waals surface area contributed by atoms with Gasteiger partial charge in [0.2, 0.25) is 0 Å². The molecule has 0 aliphatic rings. The van der Waals surface area contributed by atoms with Gasteiger partial charge in [-0.15, -0.1) is 0 Å². The number of aromatic nitrogens is 5. The third kappa shape index (κ3) is 5.77. The first-order chi connectivity index (χ1) is 27.7.